The monoisotopic (exact) mass is 293 g/mol. The maximum atomic E-state index is 12.1. The normalized spacial score (nSPS) is 19.6. The fraction of sp³-hybridized carbons (Fsp3) is 0.467. The molecule has 0 heterocycles. The van der Waals surface area contributed by atoms with Crippen LogP contribution in [0, 0.1) is 11.8 Å². The molecule has 0 saturated heterocycles. The molecular formula is C15H19NO5. The van der Waals surface area contributed by atoms with E-state index in [4.69, 9.17) is 14.2 Å². The van der Waals surface area contributed by atoms with Gasteiger partial charge in [-0.25, -0.2) is 4.79 Å². The van der Waals surface area contributed by atoms with E-state index in [2.05, 4.69) is 5.32 Å². The fourth-order valence-corrected chi connectivity index (χ4v) is 2.17. The van der Waals surface area contributed by atoms with Gasteiger partial charge < -0.3 is 19.5 Å². The number of hydrogen-bond donors (Lipinski definition) is 1. The molecule has 0 spiro atoms. The van der Waals surface area contributed by atoms with Crippen LogP contribution in [0.2, 0.25) is 0 Å². The highest BCUT2D eigenvalue weighted by atomic mass is 16.5. The van der Waals surface area contributed by atoms with Crippen molar-refractivity contribution in [2.24, 2.45) is 11.8 Å². The van der Waals surface area contributed by atoms with Crippen molar-refractivity contribution in [2.75, 3.05) is 26.6 Å². The van der Waals surface area contributed by atoms with E-state index in [9.17, 15) is 9.59 Å². The van der Waals surface area contributed by atoms with E-state index < -0.39 is 5.97 Å². The van der Waals surface area contributed by atoms with Gasteiger partial charge in [0, 0.05) is 18.1 Å². The Morgan fingerprint density at radius 3 is 2.19 bits per heavy atom. The second-order valence-electron chi connectivity index (χ2n) is 5.05. The van der Waals surface area contributed by atoms with Gasteiger partial charge >= 0.3 is 5.97 Å². The fourth-order valence-electron chi connectivity index (χ4n) is 2.17. The minimum atomic E-state index is -0.546. The molecule has 1 aliphatic carbocycles. The Labute approximate surface area is 123 Å². The van der Waals surface area contributed by atoms with Gasteiger partial charge in [0.25, 0.3) is 0 Å². The van der Waals surface area contributed by atoms with Crippen LogP contribution in [-0.2, 0) is 9.53 Å². The summed E-state index contributed by atoms with van der Waals surface area (Å²) >= 11 is 0. The first-order valence-electron chi connectivity index (χ1n) is 6.67. The predicted octanol–water partition coefficient (Wildman–Crippen LogP) is 2.08. The topological polar surface area (TPSA) is 73.9 Å². The minimum Gasteiger partial charge on any atom is -0.493 e. The molecule has 0 bridgehead atoms. The molecule has 2 atom stereocenters. The molecule has 0 aromatic heterocycles. The first kappa shape index (κ1) is 15.2. The number of methoxy groups -OCH3 is 3. The van der Waals surface area contributed by atoms with E-state index >= 15 is 0 Å². The number of carbonyl (C=O) groups excluding carboxylic acids is 2. The van der Waals surface area contributed by atoms with Gasteiger partial charge in [0.15, 0.2) is 11.5 Å². The number of esters is 1. The van der Waals surface area contributed by atoms with Gasteiger partial charge in [0.2, 0.25) is 5.91 Å². The number of nitrogens with one attached hydrogen (secondary N) is 1. The van der Waals surface area contributed by atoms with Crippen LogP contribution >= 0.6 is 0 Å². The van der Waals surface area contributed by atoms with Crippen molar-refractivity contribution >= 4 is 17.6 Å². The third-order valence-electron chi connectivity index (χ3n) is 3.63. The lowest BCUT2D eigenvalue weighted by atomic mass is 10.1. The molecule has 1 saturated carbocycles. The predicted molar refractivity (Wildman–Crippen MR) is 76.8 cm³/mol. The van der Waals surface area contributed by atoms with Crippen LogP contribution in [0.4, 0.5) is 5.69 Å². The lowest BCUT2D eigenvalue weighted by Gasteiger charge is -2.14. The van der Waals surface area contributed by atoms with Crippen LogP contribution in [0.5, 0.6) is 11.5 Å². The second kappa shape index (κ2) is 6.03. The zero-order valence-corrected chi connectivity index (χ0v) is 12.6. The highest BCUT2D eigenvalue weighted by molar-refractivity contribution is 6.03. The number of carbonyl (C=O) groups is 2. The SMILES string of the molecule is COC(=O)c1cc(OC)c(OC)cc1NC(=O)[C@H]1C[C@H]1C. The summed E-state index contributed by atoms with van der Waals surface area (Å²) in [5.74, 6) is 0.574. The molecule has 1 amide bonds. The Bertz CT molecular complexity index is 569. The quantitative estimate of drug-likeness (QED) is 0.841. The number of amides is 1. The van der Waals surface area contributed by atoms with Gasteiger partial charge in [-0.05, 0) is 12.3 Å². The number of rotatable bonds is 5. The zero-order chi connectivity index (χ0) is 15.6. The second-order valence-corrected chi connectivity index (χ2v) is 5.05. The Kier molecular flexibility index (Phi) is 4.35. The van der Waals surface area contributed by atoms with Gasteiger partial charge in [0.1, 0.15) is 0 Å². The highest BCUT2D eigenvalue weighted by Gasteiger charge is 2.39. The molecule has 114 valence electrons. The standard InChI is InChI=1S/C15H19NO5/c1-8-5-9(8)14(17)16-11-7-13(20-3)12(19-2)6-10(11)15(18)21-4/h6-9H,5H2,1-4H3,(H,16,17)/t8-,9+/m1/s1. The molecule has 21 heavy (non-hydrogen) atoms. The summed E-state index contributed by atoms with van der Waals surface area (Å²) in [7, 11) is 4.25. The van der Waals surface area contributed by atoms with Crippen LogP contribution < -0.4 is 14.8 Å². The van der Waals surface area contributed by atoms with Crippen molar-refractivity contribution in [3.05, 3.63) is 17.7 Å². The lowest BCUT2D eigenvalue weighted by Crippen LogP contribution is -2.17. The number of anilines is 1. The Balaban J connectivity index is 2.36. The molecule has 1 N–H and O–H groups in total. The van der Waals surface area contributed by atoms with Gasteiger partial charge in [-0.2, -0.15) is 0 Å². The molecule has 1 fully saturated rings. The molecule has 6 heteroatoms. The smallest absolute Gasteiger partial charge is 0.340 e. The molecule has 1 aromatic carbocycles. The maximum Gasteiger partial charge on any atom is 0.340 e. The Hall–Kier alpha value is -2.24. The summed E-state index contributed by atoms with van der Waals surface area (Å²) in [6, 6.07) is 3.06. The maximum absolute atomic E-state index is 12.1. The molecule has 1 aromatic rings. The van der Waals surface area contributed by atoms with Crippen LogP contribution in [0.25, 0.3) is 0 Å². The molecule has 0 radical (unpaired) electrons. The van der Waals surface area contributed by atoms with Crippen molar-refractivity contribution < 1.29 is 23.8 Å². The molecule has 0 aliphatic heterocycles. The van der Waals surface area contributed by atoms with Crippen molar-refractivity contribution in [3.8, 4) is 11.5 Å². The van der Waals surface area contributed by atoms with E-state index in [0.29, 0.717) is 23.1 Å². The third-order valence-corrected chi connectivity index (χ3v) is 3.63. The summed E-state index contributed by atoms with van der Waals surface area (Å²) < 4.78 is 15.1. The van der Waals surface area contributed by atoms with Crippen molar-refractivity contribution in [1.82, 2.24) is 0 Å². The summed E-state index contributed by atoms with van der Waals surface area (Å²) in [6.45, 7) is 2.01. The molecule has 6 nitrogen and oxygen atoms in total. The average molecular weight is 293 g/mol. The van der Waals surface area contributed by atoms with Crippen molar-refractivity contribution in [2.45, 2.75) is 13.3 Å². The van der Waals surface area contributed by atoms with E-state index in [0.717, 1.165) is 6.42 Å². The minimum absolute atomic E-state index is 0.00333. The van der Waals surface area contributed by atoms with Gasteiger partial charge in [-0.3, -0.25) is 4.79 Å². The van der Waals surface area contributed by atoms with E-state index in [1.807, 2.05) is 6.92 Å². The summed E-state index contributed by atoms with van der Waals surface area (Å²) in [5, 5.41) is 2.77. The first-order valence-corrected chi connectivity index (χ1v) is 6.67. The van der Waals surface area contributed by atoms with Gasteiger partial charge in [-0.1, -0.05) is 6.92 Å². The number of ether oxygens (including phenoxy) is 3. The molecule has 1 aliphatic rings. The Morgan fingerprint density at radius 1 is 1.14 bits per heavy atom. The molecular weight excluding hydrogens is 274 g/mol. The van der Waals surface area contributed by atoms with Crippen LogP contribution in [0.1, 0.15) is 23.7 Å². The molecule has 2 rings (SSSR count). The van der Waals surface area contributed by atoms with Crippen molar-refractivity contribution in [3.63, 3.8) is 0 Å². The van der Waals surface area contributed by atoms with Gasteiger partial charge in [0.05, 0.1) is 32.6 Å². The summed E-state index contributed by atoms with van der Waals surface area (Å²) in [4.78, 5) is 23.9. The van der Waals surface area contributed by atoms with Crippen LogP contribution in [-0.4, -0.2) is 33.2 Å². The number of hydrogen-bond acceptors (Lipinski definition) is 5. The van der Waals surface area contributed by atoms with E-state index in [-0.39, 0.29) is 17.4 Å². The largest absolute Gasteiger partial charge is 0.493 e. The summed E-state index contributed by atoms with van der Waals surface area (Å²) in [5.41, 5.74) is 0.598. The Morgan fingerprint density at radius 2 is 1.71 bits per heavy atom. The van der Waals surface area contributed by atoms with Gasteiger partial charge in [-0.15, -0.1) is 0 Å². The van der Waals surface area contributed by atoms with Crippen LogP contribution in [0.15, 0.2) is 12.1 Å². The highest BCUT2D eigenvalue weighted by Crippen LogP contribution is 2.40. The van der Waals surface area contributed by atoms with E-state index in [1.165, 1.54) is 27.4 Å². The van der Waals surface area contributed by atoms with Crippen LogP contribution in [0.3, 0.4) is 0 Å². The van der Waals surface area contributed by atoms with Crippen molar-refractivity contribution in [1.29, 1.82) is 0 Å². The number of benzene rings is 1. The lowest BCUT2D eigenvalue weighted by molar-refractivity contribution is -0.117. The third kappa shape index (κ3) is 3.09. The zero-order valence-electron chi connectivity index (χ0n) is 12.6. The van der Waals surface area contributed by atoms with E-state index in [1.54, 1.807) is 6.07 Å². The summed E-state index contributed by atoms with van der Waals surface area (Å²) in [6.07, 6.45) is 0.868. The average Bonchev–Trinajstić information content (AvgIpc) is 3.23. The first-order chi connectivity index (χ1) is 10.0. The molecule has 0 unspecified atom stereocenters.